The third kappa shape index (κ3) is 7.33. The predicted octanol–water partition coefficient (Wildman–Crippen LogP) is 1.12. The van der Waals surface area contributed by atoms with Gasteiger partial charge in [-0.25, -0.2) is 0 Å². The number of carboxylic acid groups (broad SMARTS) is 1. The SMILES string of the molecule is CN(C)CCN(CCC(=O)O)C(C)(C)C. The van der Waals surface area contributed by atoms with E-state index in [1.807, 2.05) is 14.1 Å². The first-order valence-electron chi connectivity index (χ1n) is 5.35. The molecule has 0 atom stereocenters. The summed E-state index contributed by atoms with van der Waals surface area (Å²) >= 11 is 0. The second kappa shape index (κ2) is 6.08. The van der Waals surface area contributed by atoms with E-state index in [9.17, 15) is 4.79 Å². The summed E-state index contributed by atoms with van der Waals surface area (Å²) in [7, 11) is 4.05. The Morgan fingerprint density at radius 2 is 1.67 bits per heavy atom. The Balaban J connectivity index is 4.14. The summed E-state index contributed by atoms with van der Waals surface area (Å²) in [6, 6.07) is 0. The van der Waals surface area contributed by atoms with Crippen LogP contribution < -0.4 is 0 Å². The minimum absolute atomic E-state index is 0.0332. The fourth-order valence-corrected chi connectivity index (χ4v) is 1.33. The Morgan fingerprint density at radius 3 is 2.00 bits per heavy atom. The van der Waals surface area contributed by atoms with Crippen LogP contribution >= 0.6 is 0 Å². The molecule has 0 heterocycles. The summed E-state index contributed by atoms with van der Waals surface area (Å²) in [6.07, 6.45) is 0.213. The number of aliphatic carboxylic acids is 1. The van der Waals surface area contributed by atoms with Crippen molar-refractivity contribution in [1.29, 1.82) is 0 Å². The zero-order valence-corrected chi connectivity index (χ0v) is 10.6. The molecular formula is C11H24N2O2. The zero-order chi connectivity index (χ0) is 12.1. The first-order valence-corrected chi connectivity index (χ1v) is 5.35. The predicted molar refractivity (Wildman–Crippen MR) is 62.1 cm³/mol. The van der Waals surface area contributed by atoms with Crippen molar-refractivity contribution in [1.82, 2.24) is 9.80 Å². The lowest BCUT2D eigenvalue weighted by Gasteiger charge is -2.36. The Hall–Kier alpha value is -0.610. The average Bonchev–Trinajstić information content (AvgIpc) is 2.00. The fourth-order valence-electron chi connectivity index (χ4n) is 1.33. The molecule has 1 N–H and O–H groups in total. The summed E-state index contributed by atoms with van der Waals surface area (Å²) in [5, 5.41) is 8.67. The van der Waals surface area contributed by atoms with Gasteiger partial charge < -0.3 is 10.0 Å². The van der Waals surface area contributed by atoms with E-state index in [4.69, 9.17) is 5.11 Å². The zero-order valence-electron chi connectivity index (χ0n) is 10.6. The summed E-state index contributed by atoms with van der Waals surface area (Å²) in [5.41, 5.74) is 0.0332. The monoisotopic (exact) mass is 216 g/mol. The van der Waals surface area contributed by atoms with Crippen LogP contribution in [0.4, 0.5) is 0 Å². The van der Waals surface area contributed by atoms with E-state index in [-0.39, 0.29) is 12.0 Å². The maximum absolute atomic E-state index is 10.5. The minimum atomic E-state index is -0.728. The molecule has 90 valence electrons. The van der Waals surface area contributed by atoms with Gasteiger partial charge in [0.1, 0.15) is 0 Å². The molecule has 0 bridgehead atoms. The van der Waals surface area contributed by atoms with Crippen LogP contribution in [0.5, 0.6) is 0 Å². The summed E-state index contributed by atoms with van der Waals surface area (Å²) < 4.78 is 0. The van der Waals surface area contributed by atoms with Crippen LogP contribution in [0.15, 0.2) is 0 Å². The maximum atomic E-state index is 10.5. The Labute approximate surface area is 92.9 Å². The van der Waals surface area contributed by atoms with Crippen LogP contribution in [0.1, 0.15) is 27.2 Å². The lowest BCUT2D eigenvalue weighted by atomic mass is 10.1. The minimum Gasteiger partial charge on any atom is -0.481 e. The maximum Gasteiger partial charge on any atom is 0.304 e. The van der Waals surface area contributed by atoms with E-state index in [2.05, 4.69) is 30.6 Å². The first kappa shape index (κ1) is 14.4. The molecule has 15 heavy (non-hydrogen) atoms. The highest BCUT2D eigenvalue weighted by Crippen LogP contribution is 2.13. The summed E-state index contributed by atoms with van der Waals surface area (Å²) in [4.78, 5) is 14.9. The van der Waals surface area contributed by atoms with E-state index >= 15 is 0 Å². The molecule has 0 spiro atoms. The van der Waals surface area contributed by atoms with Crippen molar-refractivity contribution in [2.75, 3.05) is 33.7 Å². The molecule has 0 aliphatic carbocycles. The topological polar surface area (TPSA) is 43.8 Å². The van der Waals surface area contributed by atoms with Gasteiger partial charge in [0, 0.05) is 25.2 Å². The smallest absolute Gasteiger partial charge is 0.304 e. The molecule has 0 saturated carbocycles. The molecule has 0 radical (unpaired) electrons. The van der Waals surface area contributed by atoms with Gasteiger partial charge >= 0.3 is 5.97 Å². The number of carboxylic acids is 1. The van der Waals surface area contributed by atoms with Crippen molar-refractivity contribution in [2.24, 2.45) is 0 Å². The Bertz CT molecular complexity index is 197. The van der Waals surface area contributed by atoms with E-state index in [1.165, 1.54) is 0 Å². The Morgan fingerprint density at radius 1 is 1.13 bits per heavy atom. The third-order valence-electron chi connectivity index (χ3n) is 2.36. The summed E-state index contributed by atoms with van der Waals surface area (Å²) in [6.45, 7) is 8.83. The highest BCUT2D eigenvalue weighted by atomic mass is 16.4. The highest BCUT2D eigenvalue weighted by molar-refractivity contribution is 5.66. The van der Waals surface area contributed by atoms with Gasteiger partial charge in [0.05, 0.1) is 6.42 Å². The van der Waals surface area contributed by atoms with E-state index in [0.717, 1.165) is 13.1 Å². The molecule has 0 amide bonds. The molecule has 4 nitrogen and oxygen atoms in total. The van der Waals surface area contributed by atoms with E-state index < -0.39 is 5.97 Å². The molecule has 0 aromatic heterocycles. The first-order chi connectivity index (χ1) is 6.73. The van der Waals surface area contributed by atoms with Crippen molar-refractivity contribution in [2.45, 2.75) is 32.7 Å². The van der Waals surface area contributed by atoms with Crippen LogP contribution in [0.3, 0.4) is 0 Å². The lowest BCUT2D eigenvalue weighted by molar-refractivity contribution is -0.137. The second-order valence-electron chi connectivity index (χ2n) is 5.10. The largest absolute Gasteiger partial charge is 0.481 e. The molecule has 0 saturated heterocycles. The highest BCUT2D eigenvalue weighted by Gasteiger charge is 2.21. The standard InChI is InChI=1S/C11H24N2O2/c1-11(2,3)13(7-6-10(14)15)9-8-12(4)5/h6-9H2,1-5H3,(H,14,15). The second-order valence-corrected chi connectivity index (χ2v) is 5.10. The van der Waals surface area contributed by atoms with Crippen molar-refractivity contribution >= 4 is 5.97 Å². The molecule has 0 aromatic rings. The van der Waals surface area contributed by atoms with Crippen LogP contribution in [-0.4, -0.2) is 60.1 Å². The molecular weight excluding hydrogens is 192 g/mol. The number of carbonyl (C=O) groups is 1. The van der Waals surface area contributed by atoms with Crippen molar-refractivity contribution in [3.63, 3.8) is 0 Å². The number of likely N-dealkylation sites (N-methyl/N-ethyl adjacent to an activating group) is 1. The number of nitrogens with zero attached hydrogens (tertiary/aromatic N) is 2. The lowest BCUT2D eigenvalue weighted by Crippen LogP contribution is -2.45. The van der Waals surface area contributed by atoms with Gasteiger partial charge in [-0.05, 0) is 34.9 Å². The van der Waals surface area contributed by atoms with E-state index in [0.29, 0.717) is 6.54 Å². The van der Waals surface area contributed by atoms with Gasteiger partial charge in [-0.2, -0.15) is 0 Å². The van der Waals surface area contributed by atoms with Gasteiger partial charge in [-0.3, -0.25) is 9.69 Å². The van der Waals surface area contributed by atoms with Crippen LogP contribution in [0.2, 0.25) is 0 Å². The van der Waals surface area contributed by atoms with Gasteiger partial charge in [-0.1, -0.05) is 0 Å². The molecule has 4 heteroatoms. The number of hydrogen-bond acceptors (Lipinski definition) is 3. The van der Waals surface area contributed by atoms with E-state index in [1.54, 1.807) is 0 Å². The van der Waals surface area contributed by atoms with Gasteiger partial charge in [0.15, 0.2) is 0 Å². The molecule has 0 aliphatic rings. The van der Waals surface area contributed by atoms with Crippen molar-refractivity contribution < 1.29 is 9.90 Å². The normalized spacial score (nSPS) is 12.5. The molecule has 0 fully saturated rings. The van der Waals surface area contributed by atoms with Gasteiger partial charge in [0.25, 0.3) is 0 Å². The number of hydrogen-bond donors (Lipinski definition) is 1. The molecule has 0 aromatic carbocycles. The van der Waals surface area contributed by atoms with Crippen LogP contribution in [-0.2, 0) is 4.79 Å². The van der Waals surface area contributed by atoms with Crippen molar-refractivity contribution in [3.8, 4) is 0 Å². The van der Waals surface area contributed by atoms with Gasteiger partial charge in [0.2, 0.25) is 0 Å². The molecule has 0 aliphatic heterocycles. The average molecular weight is 216 g/mol. The van der Waals surface area contributed by atoms with Crippen molar-refractivity contribution in [3.05, 3.63) is 0 Å². The van der Waals surface area contributed by atoms with Crippen LogP contribution in [0.25, 0.3) is 0 Å². The summed E-state index contributed by atoms with van der Waals surface area (Å²) in [5.74, 6) is -0.728. The Kier molecular flexibility index (Phi) is 5.83. The van der Waals surface area contributed by atoms with Gasteiger partial charge in [-0.15, -0.1) is 0 Å². The number of rotatable bonds is 6. The molecule has 0 rings (SSSR count). The quantitative estimate of drug-likeness (QED) is 0.722. The fraction of sp³-hybridized carbons (Fsp3) is 0.909. The van der Waals surface area contributed by atoms with Crippen LogP contribution in [0, 0.1) is 0 Å². The third-order valence-corrected chi connectivity index (χ3v) is 2.36. The molecule has 0 unspecified atom stereocenters.